The summed E-state index contributed by atoms with van der Waals surface area (Å²) in [5.41, 5.74) is 0. The Morgan fingerprint density at radius 2 is 1.10 bits per heavy atom. The summed E-state index contributed by atoms with van der Waals surface area (Å²) in [6.45, 7) is 5.34. The van der Waals surface area contributed by atoms with Crippen molar-refractivity contribution in [1.82, 2.24) is 0 Å². The Morgan fingerprint density at radius 3 is 1.57 bits per heavy atom. The molecule has 2 unspecified atom stereocenters. The van der Waals surface area contributed by atoms with E-state index in [-0.39, 0.29) is 25.8 Å². The fourth-order valence-corrected chi connectivity index (χ4v) is 5.39. The number of rotatable bonds is 32. The molecule has 0 aliphatic rings. The average Bonchev–Trinajstić information content (AvgIpc) is 2.92. The van der Waals surface area contributed by atoms with Crippen LogP contribution in [-0.2, 0) is 27.9 Å². The molecule has 0 aromatic rings. The zero-order valence-corrected chi connectivity index (χ0v) is 29.1. The zero-order valence-electron chi connectivity index (χ0n) is 28.2. The molecular weight excluding hydrogens is 553 g/mol. The Bertz CT molecular complexity index is 657. The Morgan fingerprint density at radius 1 is 0.643 bits per heavy atom. The molecule has 8 nitrogen and oxygen atoms in total. The quantitative estimate of drug-likeness (QED) is 0.0322. The highest BCUT2D eigenvalue weighted by Gasteiger charge is 2.20. The van der Waals surface area contributed by atoms with Crippen LogP contribution in [0.3, 0.4) is 0 Å². The van der Waals surface area contributed by atoms with Crippen molar-refractivity contribution in [1.29, 1.82) is 0 Å². The lowest BCUT2D eigenvalue weighted by atomic mass is 10.0. The number of hydrogen-bond donors (Lipinski definition) is 0. The van der Waals surface area contributed by atoms with Crippen molar-refractivity contribution in [2.45, 2.75) is 155 Å². The average molecular weight is 622 g/mol. The SMILES string of the molecule is CCCCCCCCCCCCCCCCCOCC(COP(=O)([O-])OCC[N+](C)(C)C)OC(=O)CCCCCCC. The van der Waals surface area contributed by atoms with Crippen molar-refractivity contribution in [3.05, 3.63) is 0 Å². The largest absolute Gasteiger partial charge is 0.756 e. The highest BCUT2D eigenvalue weighted by atomic mass is 31.2. The summed E-state index contributed by atoms with van der Waals surface area (Å²) in [6, 6.07) is 0. The minimum absolute atomic E-state index is 0.0299. The third-order valence-corrected chi connectivity index (χ3v) is 8.37. The van der Waals surface area contributed by atoms with Crippen LogP contribution in [0.4, 0.5) is 0 Å². The molecule has 0 amide bonds. The fraction of sp³-hybridized carbons (Fsp3) is 0.970. The van der Waals surface area contributed by atoms with E-state index in [0.717, 1.165) is 44.9 Å². The third kappa shape index (κ3) is 30.9. The molecule has 0 rings (SSSR count). The Hall–Kier alpha value is -0.500. The van der Waals surface area contributed by atoms with Crippen molar-refractivity contribution in [2.75, 3.05) is 54.1 Å². The van der Waals surface area contributed by atoms with Gasteiger partial charge in [0.1, 0.15) is 19.3 Å². The second-order valence-electron chi connectivity index (χ2n) is 12.9. The van der Waals surface area contributed by atoms with Crippen LogP contribution in [-0.4, -0.2) is 70.7 Å². The van der Waals surface area contributed by atoms with Crippen LogP contribution in [0.25, 0.3) is 0 Å². The van der Waals surface area contributed by atoms with E-state index in [9.17, 15) is 14.3 Å². The number of carbonyl (C=O) groups is 1. The van der Waals surface area contributed by atoms with E-state index in [1.807, 2.05) is 21.1 Å². The van der Waals surface area contributed by atoms with Gasteiger partial charge in [0.05, 0.1) is 34.4 Å². The van der Waals surface area contributed by atoms with Gasteiger partial charge in [0.25, 0.3) is 7.82 Å². The van der Waals surface area contributed by atoms with E-state index < -0.39 is 13.9 Å². The lowest BCUT2D eigenvalue weighted by Crippen LogP contribution is -2.37. The predicted molar refractivity (Wildman–Crippen MR) is 171 cm³/mol. The molecule has 0 bridgehead atoms. The van der Waals surface area contributed by atoms with Crippen molar-refractivity contribution >= 4 is 13.8 Å². The number of hydrogen-bond acceptors (Lipinski definition) is 7. The van der Waals surface area contributed by atoms with Gasteiger partial charge in [-0.05, 0) is 12.8 Å². The van der Waals surface area contributed by atoms with Crippen LogP contribution in [0.5, 0.6) is 0 Å². The smallest absolute Gasteiger partial charge is 0.306 e. The van der Waals surface area contributed by atoms with E-state index in [4.69, 9.17) is 18.5 Å². The number of quaternary nitrogens is 1. The molecule has 0 N–H and O–H groups in total. The van der Waals surface area contributed by atoms with Crippen LogP contribution in [0, 0.1) is 0 Å². The molecule has 0 aliphatic heterocycles. The summed E-state index contributed by atoms with van der Waals surface area (Å²) in [4.78, 5) is 24.6. The standard InChI is InChI=1S/C33H68NO7P/c1-6-8-10-12-13-14-15-16-17-18-19-20-21-23-25-28-38-30-32(41-33(35)26-24-22-11-9-7-2)31-40-42(36,37)39-29-27-34(3,4)5/h32H,6-31H2,1-5H3. The fourth-order valence-electron chi connectivity index (χ4n) is 4.66. The van der Waals surface area contributed by atoms with Gasteiger partial charge in [-0.2, -0.15) is 0 Å². The van der Waals surface area contributed by atoms with E-state index in [2.05, 4.69) is 13.8 Å². The molecule has 0 radical (unpaired) electrons. The number of phosphoric ester groups is 1. The number of unbranched alkanes of at least 4 members (excludes halogenated alkanes) is 18. The van der Waals surface area contributed by atoms with Crippen molar-refractivity contribution in [3.63, 3.8) is 0 Å². The first-order valence-corrected chi connectivity index (χ1v) is 18.7. The third-order valence-electron chi connectivity index (χ3n) is 7.41. The van der Waals surface area contributed by atoms with Crippen molar-refractivity contribution < 1.29 is 37.3 Å². The second-order valence-corrected chi connectivity index (χ2v) is 14.3. The van der Waals surface area contributed by atoms with E-state index in [0.29, 0.717) is 24.1 Å². The van der Waals surface area contributed by atoms with Gasteiger partial charge in [-0.15, -0.1) is 0 Å². The Kier molecular flexibility index (Phi) is 27.7. The van der Waals surface area contributed by atoms with Gasteiger partial charge in [-0.1, -0.05) is 129 Å². The summed E-state index contributed by atoms with van der Waals surface area (Å²) in [5.74, 6) is -0.345. The van der Waals surface area contributed by atoms with Gasteiger partial charge >= 0.3 is 5.97 Å². The first-order valence-electron chi connectivity index (χ1n) is 17.3. The van der Waals surface area contributed by atoms with E-state index in [1.165, 1.54) is 83.5 Å². The number of ether oxygens (including phenoxy) is 2. The van der Waals surface area contributed by atoms with Crippen LogP contribution in [0.15, 0.2) is 0 Å². The summed E-state index contributed by atoms with van der Waals surface area (Å²) in [5, 5.41) is 0. The van der Waals surface area contributed by atoms with E-state index in [1.54, 1.807) is 0 Å². The normalized spacial score (nSPS) is 14.1. The predicted octanol–water partition coefficient (Wildman–Crippen LogP) is 8.35. The lowest BCUT2D eigenvalue weighted by molar-refractivity contribution is -0.870. The molecule has 0 saturated carbocycles. The summed E-state index contributed by atoms with van der Waals surface area (Å²) in [7, 11) is 1.36. The summed E-state index contributed by atoms with van der Waals surface area (Å²) in [6.07, 6.45) is 24.3. The molecule has 252 valence electrons. The molecule has 0 fully saturated rings. The maximum atomic E-state index is 12.4. The molecule has 0 spiro atoms. The van der Waals surface area contributed by atoms with Gasteiger partial charge in [0.2, 0.25) is 0 Å². The Balaban J connectivity index is 4.14. The van der Waals surface area contributed by atoms with Crippen LogP contribution in [0.2, 0.25) is 0 Å². The maximum absolute atomic E-state index is 12.4. The molecule has 2 atom stereocenters. The van der Waals surface area contributed by atoms with Gasteiger partial charge in [0.15, 0.2) is 0 Å². The molecule has 42 heavy (non-hydrogen) atoms. The Labute approximate surface area is 259 Å². The minimum Gasteiger partial charge on any atom is -0.756 e. The van der Waals surface area contributed by atoms with Gasteiger partial charge in [-0.25, -0.2) is 0 Å². The summed E-state index contributed by atoms with van der Waals surface area (Å²) < 4.78 is 34.1. The zero-order chi connectivity index (χ0) is 31.4. The van der Waals surface area contributed by atoms with Gasteiger partial charge < -0.3 is 27.9 Å². The molecule has 0 aromatic heterocycles. The molecular formula is C33H68NO7P. The van der Waals surface area contributed by atoms with Crippen LogP contribution >= 0.6 is 7.82 Å². The minimum atomic E-state index is -4.49. The van der Waals surface area contributed by atoms with Gasteiger partial charge in [0, 0.05) is 13.0 Å². The van der Waals surface area contributed by atoms with Crippen LogP contribution in [0.1, 0.15) is 149 Å². The molecule has 9 heteroatoms. The second kappa shape index (κ2) is 28.0. The van der Waals surface area contributed by atoms with Crippen molar-refractivity contribution in [2.24, 2.45) is 0 Å². The van der Waals surface area contributed by atoms with Gasteiger partial charge in [-0.3, -0.25) is 9.36 Å². The number of esters is 1. The highest BCUT2D eigenvalue weighted by molar-refractivity contribution is 7.45. The van der Waals surface area contributed by atoms with Crippen LogP contribution < -0.4 is 4.89 Å². The highest BCUT2D eigenvalue weighted by Crippen LogP contribution is 2.38. The number of nitrogens with zero attached hydrogens (tertiary/aromatic N) is 1. The number of phosphoric acid groups is 1. The molecule has 0 aromatic carbocycles. The molecule has 0 heterocycles. The first kappa shape index (κ1) is 41.5. The lowest BCUT2D eigenvalue weighted by Gasteiger charge is -2.28. The van der Waals surface area contributed by atoms with Crippen molar-refractivity contribution in [3.8, 4) is 0 Å². The first-order chi connectivity index (χ1) is 20.1. The molecule has 0 aliphatic carbocycles. The van der Waals surface area contributed by atoms with E-state index >= 15 is 0 Å². The monoisotopic (exact) mass is 621 g/mol. The maximum Gasteiger partial charge on any atom is 0.306 e. The molecule has 0 saturated heterocycles. The number of likely N-dealkylation sites (N-methyl/N-ethyl adjacent to an activating group) is 1. The number of carbonyl (C=O) groups excluding carboxylic acids is 1. The topological polar surface area (TPSA) is 94.1 Å². The summed E-state index contributed by atoms with van der Waals surface area (Å²) >= 11 is 0.